The van der Waals surface area contributed by atoms with Gasteiger partial charge in [-0.1, -0.05) is 18.2 Å². The molecule has 3 aliphatic rings. The lowest BCUT2D eigenvalue weighted by atomic mass is 10.00. The molecule has 4 atom stereocenters. The maximum atomic E-state index is 12.6. The van der Waals surface area contributed by atoms with Crippen LogP contribution in [0.15, 0.2) is 24.3 Å². The van der Waals surface area contributed by atoms with E-state index in [2.05, 4.69) is 11.4 Å². The van der Waals surface area contributed by atoms with Crippen LogP contribution in [-0.4, -0.2) is 41.1 Å². The van der Waals surface area contributed by atoms with Crippen molar-refractivity contribution in [1.82, 2.24) is 4.90 Å². The summed E-state index contributed by atoms with van der Waals surface area (Å²) in [6.07, 6.45) is 2.55. The fourth-order valence-corrected chi connectivity index (χ4v) is 4.08. The van der Waals surface area contributed by atoms with Gasteiger partial charge in [0.1, 0.15) is 6.04 Å². The Balaban J connectivity index is 1.45. The van der Waals surface area contributed by atoms with Crippen molar-refractivity contribution in [3.63, 3.8) is 0 Å². The number of amides is 1. The van der Waals surface area contributed by atoms with Crippen LogP contribution in [0, 0.1) is 11.8 Å². The molecule has 0 spiro atoms. The van der Waals surface area contributed by atoms with E-state index >= 15 is 0 Å². The number of nitrogens with one attached hydrogen (secondary N) is 1. The van der Waals surface area contributed by atoms with E-state index < -0.39 is 0 Å². The standard InChI is InChI=1S/C16H20N2O2/c19-15-6-5-11-8-18(9-12(11)15)16(20)14-7-10-3-1-2-4-13(10)17-14/h1-4,11-12,14-15,17,19H,5-9H2/t11?,12?,14-,15?/m0/s1. The molecule has 2 heterocycles. The van der Waals surface area contributed by atoms with Gasteiger partial charge in [0.05, 0.1) is 6.10 Å². The Labute approximate surface area is 118 Å². The third kappa shape index (κ3) is 1.82. The maximum absolute atomic E-state index is 12.6. The summed E-state index contributed by atoms with van der Waals surface area (Å²) >= 11 is 0. The van der Waals surface area contributed by atoms with Crippen LogP contribution >= 0.6 is 0 Å². The van der Waals surface area contributed by atoms with Gasteiger partial charge in [0.2, 0.25) is 5.91 Å². The third-order valence-electron chi connectivity index (χ3n) is 5.20. The molecule has 2 aliphatic heterocycles. The number of hydrogen-bond acceptors (Lipinski definition) is 3. The van der Waals surface area contributed by atoms with Crippen LogP contribution < -0.4 is 5.32 Å². The monoisotopic (exact) mass is 272 g/mol. The summed E-state index contributed by atoms with van der Waals surface area (Å²) in [6, 6.07) is 8.01. The smallest absolute Gasteiger partial charge is 0.245 e. The van der Waals surface area contributed by atoms with Crippen molar-refractivity contribution in [2.24, 2.45) is 11.8 Å². The molecule has 4 nitrogen and oxygen atoms in total. The van der Waals surface area contributed by atoms with Crippen LogP contribution in [0.2, 0.25) is 0 Å². The number of para-hydroxylation sites is 1. The number of aliphatic hydroxyl groups excluding tert-OH is 1. The molecule has 3 unspecified atom stereocenters. The highest BCUT2D eigenvalue weighted by molar-refractivity contribution is 5.87. The number of nitrogens with zero attached hydrogens (tertiary/aromatic N) is 1. The van der Waals surface area contributed by atoms with E-state index in [-0.39, 0.29) is 18.1 Å². The lowest BCUT2D eigenvalue weighted by Crippen LogP contribution is -2.41. The molecular formula is C16H20N2O2. The first kappa shape index (κ1) is 12.2. The maximum Gasteiger partial charge on any atom is 0.245 e. The van der Waals surface area contributed by atoms with Gasteiger partial charge in [0, 0.05) is 31.1 Å². The molecule has 4 rings (SSSR count). The van der Waals surface area contributed by atoms with Crippen molar-refractivity contribution < 1.29 is 9.90 Å². The summed E-state index contributed by atoms with van der Waals surface area (Å²) in [5, 5.41) is 13.3. The molecule has 1 amide bonds. The Kier molecular flexibility index (Phi) is 2.74. The van der Waals surface area contributed by atoms with E-state index in [1.165, 1.54) is 5.56 Å². The van der Waals surface area contributed by atoms with Crippen molar-refractivity contribution >= 4 is 11.6 Å². The molecule has 1 saturated carbocycles. The molecule has 1 aromatic carbocycles. The Hall–Kier alpha value is -1.55. The molecule has 1 aliphatic carbocycles. The van der Waals surface area contributed by atoms with Crippen molar-refractivity contribution in [1.29, 1.82) is 0 Å². The quantitative estimate of drug-likeness (QED) is 0.809. The van der Waals surface area contributed by atoms with Crippen molar-refractivity contribution in [2.45, 2.75) is 31.4 Å². The molecule has 0 bridgehead atoms. The first-order chi connectivity index (χ1) is 9.72. The minimum atomic E-state index is -0.202. The molecule has 0 radical (unpaired) electrons. The lowest BCUT2D eigenvalue weighted by Gasteiger charge is -2.22. The molecule has 2 fully saturated rings. The van der Waals surface area contributed by atoms with Crippen LogP contribution in [0.25, 0.3) is 0 Å². The number of likely N-dealkylation sites (tertiary alicyclic amines) is 1. The van der Waals surface area contributed by atoms with Gasteiger partial charge in [-0.25, -0.2) is 0 Å². The SMILES string of the molecule is O=C([C@@H]1Cc2ccccc2N1)N1CC2CCC(O)C2C1. The summed E-state index contributed by atoms with van der Waals surface area (Å²) in [5.41, 5.74) is 2.32. The normalized spacial score (nSPS) is 34.8. The summed E-state index contributed by atoms with van der Waals surface area (Å²) < 4.78 is 0. The van der Waals surface area contributed by atoms with Gasteiger partial charge in [-0.2, -0.15) is 0 Å². The van der Waals surface area contributed by atoms with Crippen molar-refractivity contribution in [3.8, 4) is 0 Å². The van der Waals surface area contributed by atoms with E-state index in [1.807, 2.05) is 23.1 Å². The van der Waals surface area contributed by atoms with Gasteiger partial charge in [0.15, 0.2) is 0 Å². The highest BCUT2D eigenvalue weighted by Gasteiger charge is 2.44. The predicted molar refractivity (Wildman–Crippen MR) is 76.4 cm³/mol. The fraction of sp³-hybridized carbons (Fsp3) is 0.562. The number of carbonyl (C=O) groups excluding carboxylic acids is 1. The molecule has 20 heavy (non-hydrogen) atoms. The van der Waals surface area contributed by atoms with Crippen LogP contribution in [0.1, 0.15) is 18.4 Å². The largest absolute Gasteiger partial charge is 0.393 e. The highest BCUT2D eigenvalue weighted by Crippen LogP contribution is 2.38. The Bertz CT molecular complexity index is 520. The third-order valence-corrected chi connectivity index (χ3v) is 5.20. The number of fused-ring (bicyclic) bond motifs is 2. The number of aliphatic hydroxyl groups is 1. The van der Waals surface area contributed by atoms with Gasteiger partial charge in [0.25, 0.3) is 0 Å². The molecule has 2 N–H and O–H groups in total. The number of carbonyl (C=O) groups is 1. The Morgan fingerprint density at radius 3 is 2.90 bits per heavy atom. The predicted octanol–water partition coefficient (Wildman–Crippen LogP) is 1.25. The van der Waals surface area contributed by atoms with E-state index in [0.717, 1.165) is 38.0 Å². The van der Waals surface area contributed by atoms with Crippen LogP contribution in [-0.2, 0) is 11.2 Å². The Morgan fingerprint density at radius 2 is 2.10 bits per heavy atom. The van der Waals surface area contributed by atoms with Gasteiger partial charge in [-0.3, -0.25) is 4.79 Å². The number of rotatable bonds is 1. The average Bonchev–Trinajstić information content (AvgIpc) is 3.13. The Morgan fingerprint density at radius 1 is 1.25 bits per heavy atom. The van der Waals surface area contributed by atoms with Crippen LogP contribution in [0.5, 0.6) is 0 Å². The number of hydrogen-bond donors (Lipinski definition) is 2. The van der Waals surface area contributed by atoms with E-state index in [9.17, 15) is 9.90 Å². The summed E-state index contributed by atoms with van der Waals surface area (Å²) in [6.45, 7) is 1.56. The first-order valence-electron chi connectivity index (χ1n) is 7.53. The second-order valence-corrected chi connectivity index (χ2v) is 6.37. The average molecular weight is 272 g/mol. The van der Waals surface area contributed by atoms with Crippen LogP contribution in [0.3, 0.4) is 0 Å². The molecule has 1 aromatic rings. The van der Waals surface area contributed by atoms with Gasteiger partial charge >= 0.3 is 0 Å². The zero-order valence-electron chi connectivity index (χ0n) is 11.5. The molecule has 1 saturated heterocycles. The van der Waals surface area contributed by atoms with Gasteiger partial charge < -0.3 is 15.3 Å². The number of anilines is 1. The minimum Gasteiger partial charge on any atom is -0.393 e. The number of benzene rings is 1. The molecule has 4 heteroatoms. The van der Waals surface area contributed by atoms with E-state index in [0.29, 0.717) is 11.8 Å². The second-order valence-electron chi connectivity index (χ2n) is 6.37. The summed E-state index contributed by atoms with van der Waals surface area (Å²) in [5.74, 6) is 1.02. The van der Waals surface area contributed by atoms with E-state index in [4.69, 9.17) is 0 Å². The first-order valence-corrected chi connectivity index (χ1v) is 7.53. The fourth-order valence-electron chi connectivity index (χ4n) is 4.08. The molecule has 0 aromatic heterocycles. The lowest BCUT2D eigenvalue weighted by molar-refractivity contribution is -0.131. The molecular weight excluding hydrogens is 252 g/mol. The highest BCUT2D eigenvalue weighted by atomic mass is 16.3. The van der Waals surface area contributed by atoms with Crippen LogP contribution in [0.4, 0.5) is 5.69 Å². The van der Waals surface area contributed by atoms with Gasteiger partial charge in [-0.15, -0.1) is 0 Å². The summed E-state index contributed by atoms with van der Waals surface area (Å²) in [7, 11) is 0. The van der Waals surface area contributed by atoms with Gasteiger partial charge in [-0.05, 0) is 30.4 Å². The zero-order chi connectivity index (χ0) is 13.7. The minimum absolute atomic E-state index is 0.122. The van der Waals surface area contributed by atoms with Crippen molar-refractivity contribution in [3.05, 3.63) is 29.8 Å². The molecule has 106 valence electrons. The topological polar surface area (TPSA) is 52.6 Å². The van der Waals surface area contributed by atoms with E-state index in [1.54, 1.807) is 0 Å². The second kappa shape index (κ2) is 4.48. The van der Waals surface area contributed by atoms with Crippen molar-refractivity contribution in [2.75, 3.05) is 18.4 Å². The summed E-state index contributed by atoms with van der Waals surface area (Å²) in [4.78, 5) is 14.6. The zero-order valence-corrected chi connectivity index (χ0v) is 11.5.